The van der Waals surface area contributed by atoms with Crippen molar-refractivity contribution in [2.24, 2.45) is 0 Å². The predicted octanol–water partition coefficient (Wildman–Crippen LogP) is 3.25. The third kappa shape index (κ3) is 1.82. The van der Waals surface area contributed by atoms with E-state index in [0.29, 0.717) is 27.5 Å². The monoisotopic (exact) mass is 285 g/mol. The number of fused-ring (bicyclic) bond motifs is 1. The van der Waals surface area contributed by atoms with Gasteiger partial charge in [0.25, 0.3) is 0 Å². The smallest absolute Gasteiger partial charge is 0.340 e. The molecule has 0 bridgehead atoms. The van der Waals surface area contributed by atoms with Gasteiger partial charge in [-0.25, -0.2) is 9.18 Å². The highest BCUT2D eigenvalue weighted by atomic mass is 79.9. The maximum Gasteiger partial charge on any atom is 0.340 e. The Morgan fingerprint density at radius 1 is 1.56 bits per heavy atom. The molecule has 0 atom stereocenters. The SMILES string of the molecule is CCOC(=O)c1c[nH]c2cc(F)cc(Br)c12. The molecule has 0 saturated carbocycles. The summed E-state index contributed by atoms with van der Waals surface area (Å²) in [5.74, 6) is -0.780. The number of benzene rings is 1. The zero-order valence-corrected chi connectivity index (χ0v) is 10.1. The summed E-state index contributed by atoms with van der Waals surface area (Å²) in [6, 6.07) is 2.65. The molecule has 2 rings (SSSR count). The zero-order chi connectivity index (χ0) is 11.7. The van der Waals surface area contributed by atoms with Crippen molar-refractivity contribution in [3.63, 3.8) is 0 Å². The lowest BCUT2D eigenvalue weighted by atomic mass is 10.2. The fourth-order valence-corrected chi connectivity index (χ4v) is 2.20. The largest absolute Gasteiger partial charge is 0.462 e. The van der Waals surface area contributed by atoms with Crippen LogP contribution >= 0.6 is 15.9 Å². The second kappa shape index (κ2) is 4.25. The van der Waals surface area contributed by atoms with E-state index in [1.165, 1.54) is 18.3 Å². The lowest BCUT2D eigenvalue weighted by molar-refractivity contribution is 0.0528. The molecular formula is C11H9BrFNO2. The Balaban J connectivity index is 2.60. The van der Waals surface area contributed by atoms with Crippen molar-refractivity contribution < 1.29 is 13.9 Å². The summed E-state index contributed by atoms with van der Waals surface area (Å²) in [4.78, 5) is 14.4. The van der Waals surface area contributed by atoms with E-state index in [4.69, 9.17) is 4.74 Å². The first-order valence-corrected chi connectivity index (χ1v) is 5.56. The lowest BCUT2D eigenvalue weighted by Gasteiger charge is -2.01. The molecule has 0 amide bonds. The average Bonchev–Trinajstić information content (AvgIpc) is 2.61. The molecule has 0 saturated heterocycles. The molecule has 5 heteroatoms. The molecule has 84 valence electrons. The molecule has 0 aliphatic heterocycles. The minimum Gasteiger partial charge on any atom is -0.462 e. The average molecular weight is 286 g/mol. The topological polar surface area (TPSA) is 42.1 Å². The van der Waals surface area contributed by atoms with Crippen LogP contribution in [0.25, 0.3) is 10.9 Å². The van der Waals surface area contributed by atoms with Gasteiger partial charge in [-0.05, 0) is 35.0 Å². The van der Waals surface area contributed by atoms with Crippen LogP contribution in [0.4, 0.5) is 4.39 Å². The number of rotatable bonds is 2. The predicted molar refractivity (Wildman–Crippen MR) is 61.9 cm³/mol. The van der Waals surface area contributed by atoms with Crippen LogP contribution in [0.15, 0.2) is 22.8 Å². The number of nitrogens with one attached hydrogen (secondary N) is 1. The van der Waals surface area contributed by atoms with E-state index < -0.39 is 5.97 Å². The minimum absolute atomic E-state index is 0.310. The van der Waals surface area contributed by atoms with Crippen LogP contribution in [-0.4, -0.2) is 17.6 Å². The van der Waals surface area contributed by atoms with Crippen molar-refractivity contribution in [2.75, 3.05) is 6.61 Å². The van der Waals surface area contributed by atoms with Crippen molar-refractivity contribution in [1.29, 1.82) is 0 Å². The standard InChI is InChI=1S/C11H9BrFNO2/c1-2-16-11(15)7-5-14-9-4-6(13)3-8(12)10(7)9/h3-5,14H,2H2,1H3. The summed E-state index contributed by atoms with van der Waals surface area (Å²) in [6.45, 7) is 2.05. The van der Waals surface area contributed by atoms with Crippen LogP contribution < -0.4 is 0 Å². The summed E-state index contributed by atoms with van der Waals surface area (Å²) < 4.78 is 18.5. The number of aromatic amines is 1. The van der Waals surface area contributed by atoms with E-state index in [0.717, 1.165) is 0 Å². The summed E-state index contributed by atoms with van der Waals surface area (Å²) in [6.07, 6.45) is 1.52. The van der Waals surface area contributed by atoms with Gasteiger partial charge in [0.1, 0.15) is 5.82 Å². The second-order valence-electron chi connectivity index (χ2n) is 3.23. The van der Waals surface area contributed by atoms with Gasteiger partial charge >= 0.3 is 5.97 Å². The van der Waals surface area contributed by atoms with Crippen molar-refractivity contribution in [1.82, 2.24) is 4.98 Å². The number of ether oxygens (including phenoxy) is 1. The van der Waals surface area contributed by atoms with E-state index >= 15 is 0 Å². The highest BCUT2D eigenvalue weighted by Gasteiger charge is 2.16. The van der Waals surface area contributed by atoms with E-state index in [-0.39, 0.29) is 5.82 Å². The number of hydrogen-bond donors (Lipinski definition) is 1. The third-order valence-electron chi connectivity index (χ3n) is 2.19. The minimum atomic E-state index is -0.416. The first-order chi connectivity index (χ1) is 7.63. The number of H-pyrrole nitrogens is 1. The molecule has 3 nitrogen and oxygen atoms in total. The van der Waals surface area contributed by atoms with Crippen LogP contribution in [0.3, 0.4) is 0 Å². The zero-order valence-electron chi connectivity index (χ0n) is 8.51. The summed E-state index contributed by atoms with van der Waals surface area (Å²) in [7, 11) is 0. The first-order valence-electron chi connectivity index (χ1n) is 4.76. The number of esters is 1. The maximum atomic E-state index is 13.1. The van der Waals surface area contributed by atoms with Gasteiger partial charge in [0, 0.05) is 16.1 Å². The highest BCUT2D eigenvalue weighted by molar-refractivity contribution is 9.10. The van der Waals surface area contributed by atoms with Gasteiger partial charge in [-0.1, -0.05) is 0 Å². The normalized spacial score (nSPS) is 10.7. The molecule has 1 aromatic heterocycles. The summed E-state index contributed by atoms with van der Waals surface area (Å²) >= 11 is 3.23. The molecule has 1 N–H and O–H groups in total. The van der Waals surface area contributed by atoms with Gasteiger partial charge in [0.15, 0.2) is 0 Å². The number of halogens is 2. The molecular weight excluding hydrogens is 277 g/mol. The Morgan fingerprint density at radius 2 is 2.31 bits per heavy atom. The highest BCUT2D eigenvalue weighted by Crippen LogP contribution is 2.28. The molecule has 2 aromatic rings. The fraction of sp³-hybridized carbons (Fsp3) is 0.182. The van der Waals surface area contributed by atoms with Crippen LogP contribution in [0, 0.1) is 5.82 Å². The fourth-order valence-electron chi connectivity index (χ4n) is 1.55. The molecule has 0 unspecified atom stereocenters. The number of aromatic nitrogens is 1. The molecule has 0 fully saturated rings. The van der Waals surface area contributed by atoms with Crippen LogP contribution in [-0.2, 0) is 4.74 Å². The summed E-state index contributed by atoms with van der Waals surface area (Å²) in [5, 5.41) is 0.639. The Bertz CT molecular complexity index is 550. The quantitative estimate of drug-likeness (QED) is 0.861. The Kier molecular flexibility index (Phi) is 2.96. The van der Waals surface area contributed by atoms with Crippen molar-refractivity contribution in [3.8, 4) is 0 Å². The van der Waals surface area contributed by atoms with Crippen molar-refractivity contribution in [3.05, 3.63) is 34.2 Å². The van der Waals surface area contributed by atoms with Gasteiger partial charge in [-0.15, -0.1) is 0 Å². The molecule has 1 heterocycles. The van der Waals surface area contributed by atoms with Gasteiger partial charge in [0.2, 0.25) is 0 Å². The van der Waals surface area contributed by atoms with E-state index in [1.54, 1.807) is 6.92 Å². The molecule has 1 aromatic carbocycles. The first kappa shape index (κ1) is 11.1. The maximum absolute atomic E-state index is 13.1. The Hall–Kier alpha value is -1.36. The lowest BCUT2D eigenvalue weighted by Crippen LogP contribution is -2.03. The van der Waals surface area contributed by atoms with E-state index in [9.17, 15) is 9.18 Å². The number of hydrogen-bond acceptors (Lipinski definition) is 2. The van der Waals surface area contributed by atoms with Gasteiger partial charge in [-0.3, -0.25) is 0 Å². The molecule has 0 radical (unpaired) electrons. The van der Waals surface area contributed by atoms with Gasteiger partial charge in [-0.2, -0.15) is 0 Å². The molecule has 0 aliphatic rings. The van der Waals surface area contributed by atoms with Gasteiger partial charge in [0.05, 0.1) is 17.7 Å². The Morgan fingerprint density at radius 3 is 3.00 bits per heavy atom. The van der Waals surface area contributed by atoms with Crippen molar-refractivity contribution >= 4 is 32.8 Å². The van der Waals surface area contributed by atoms with Crippen molar-refractivity contribution in [2.45, 2.75) is 6.92 Å². The molecule has 0 aliphatic carbocycles. The van der Waals surface area contributed by atoms with E-state index in [2.05, 4.69) is 20.9 Å². The van der Waals surface area contributed by atoms with Gasteiger partial charge < -0.3 is 9.72 Å². The molecule has 0 spiro atoms. The Labute approximate surface area is 99.7 Å². The number of carbonyl (C=O) groups is 1. The molecule has 16 heavy (non-hydrogen) atoms. The van der Waals surface area contributed by atoms with E-state index in [1.807, 2.05) is 0 Å². The summed E-state index contributed by atoms with van der Waals surface area (Å²) in [5.41, 5.74) is 0.971. The third-order valence-corrected chi connectivity index (χ3v) is 2.82. The second-order valence-corrected chi connectivity index (χ2v) is 4.09. The van der Waals surface area contributed by atoms with Crippen LogP contribution in [0.5, 0.6) is 0 Å². The van der Waals surface area contributed by atoms with Crippen LogP contribution in [0.2, 0.25) is 0 Å². The number of carbonyl (C=O) groups excluding carboxylic acids is 1. The van der Waals surface area contributed by atoms with Crippen LogP contribution in [0.1, 0.15) is 17.3 Å².